The first-order valence-electron chi connectivity index (χ1n) is 7.74. The van der Waals surface area contributed by atoms with Gasteiger partial charge in [-0.15, -0.1) is 0 Å². The Morgan fingerprint density at radius 3 is 2.24 bits per heavy atom. The van der Waals surface area contributed by atoms with Crippen LogP contribution in [0.3, 0.4) is 0 Å². The lowest BCUT2D eigenvalue weighted by atomic mass is 9.96. The first-order chi connectivity index (χ1) is 8.26. The minimum absolute atomic E-state index is 0.838. The highest BCUT2D eigenvalue weighted by molar-refractivity contribution is 4.97. The maximum atomic E-state index is 3.76. The molecule has 1 saturated carbocycles. The van der Waals surface area contributed by atoms with E-state index in [9.17, 15) is 0 Å². The Morgan fingerprint density at radius 2 is 1.65 bits per heavy atom. The fourth-order valence-electron chi connectivity index (χ4n) is 4.45. The van der Waals surface area contributed by atoms with Gasteiger partial charge in [-0.2, -0.15) is 0 Å². The average Bonchev–Trinajstić information content (AvgIpc) is 2.95. The SMILES string of the molecule is CCC1CCC(N(C)C2CC3CCC(C2)N3)C1. The van der Waals surface area contributed by atoms with Crippen LogP contribution in [0.5, 0.6) is 0 Å². The normalized spacial score (nSPS) is 45.7. The number of rotatable bonds is 3. The first kappa shape index (κ1) is 12.0. The van der Waals surface area contributed by atoms with Gasteiger partial charge in [-0.25, -0.2) is 0 Å². The van der Waals surface area contributed by atoms with Crippen molar-refractivity contribution in [2.24, 2.45) is 5.92 Å². The quantitative estimate of drug-likeness (QED) is 0.810. The molecule has 17 heavy (non-hydrogen) atoms. The second kappa shape index (κ2) is 4.89. The molecule has 2 heteroatoms. The van der Waals surface area contributed by atoms with Gasteiger partial charge in [0.25, 0.3) is 0 Å². The van der Waals surface area contributed by atoms with Crippen LogP contribution in [0.25, 0.3) is 0 Å². The summed E-state index contributed by atoms with van der Waals surface area (Å²) in [6.07, 6.45) is 11.4. The molecule has 4 unspecified atom stereocenters. The van der Waals surface area contributed by atoms with Crippen molar-refractivity contribution in [3.63, 3.8) is 0 Å². The van der Waals surface area contributed by atoms with Crippen LogP contribution < -0.4 is 5.32 Å². The standard InChI is InChI=1S/C15H28N2/c1-3-11-4-7-14(8-11)17(2)15-9-12-5-6-13(10-15)16-12/h11-16H,3-10H2,1-2H3. The van der Waals surface area contributed by atoms with Crippen LogP contribution in [0.4, 0.5) is 0 Å². The fourth-order valence-corrected chi connectivity index (χ4v) is 4.45. The molecule has 0 spiro atoms. The predicted octanol–water partition coefficient (Wildman–Crippen LogP) is 2.78. The van der Waals surface area contributed by atoms with E-state index in [0.29, 0.717) is 0 Å². The molecule has 3 fully saturated rings. The number of fused-ring (bicyclic) bond motifs is 2. The minimum atomic E-state index is 0.838. The van der Waals surface area contributed by atoms with Gasteiger partial charge in [0.2, 0.25) is 0 Å². The lowest BCUT2D eigenvalue weighted by Crippen LogP contribution is -2.49. The van der Waals surface area contributed by atoms with Gasteiger partial charge in [0.1, 0.15) is 0 Å². The highest BCUT2D eigenvalue weighted by Gasteiger charge is 2.38. The van der Waals surface area contributed by atoms with E-state index in [-0.39, 0.29) is 0 Å². The molecule has 0 amide bonds. The molecular weight excluding hydrogens is 208 g/mol. The smallest absolute Gasteiger partial charge is 0.0125 e. The summed E-state index contributed by atoms with van der Waals surface area (Å²) in [5, 5.41) is 3.76. The molecule has 2 heterocycles. The van der Waals surface area contributed by atoms with Gasteiger partial charge in [0.05, 0.1) is 0 Å². The fraction of sp³-hybridized carbons (Fsp3) is 1.00. The molecule has 1 N–H and O–H groups in total. The van der Waals surface area contributed by atoms with E-state index < -0.39 is 0 Å². The van der Waals surface area contributed by atoms with Gasteiger partial charge >= 0.3 is 0 Å². The summed E-state index contributed by atoms with van der Waals surface area (Å²) in [5.41, 5.74) is 0. The lowest BCUT2D eigenvalue weighted by Gasteiger charge is -2.39. The number of piperidine rings is 1. The third-order valence-corrected chi connectivity index (χ3v) is 5.69. The predicted molar refractivity (Wildman–Crippen MR) is 72.2 cm³/mol. The summed E-state index contributed by atoms with van der Waals surface area (Å²) >= 11 is 0. The third kappa shape index (κ3) is 2.39. The second-order valence-electron chi connectivity index (χ2n) is 6.67. The molecule has 0 aromatic heterocycles. The number of nitrogens with zero attached hydrogens (tertiary/aromatic N) is 1. The molecule has 4 atom stereocenters. The van der Waals surface area contributed by atoms with Gasteiger partial charge in [0, 0.05) is 24.2 Å². The van der Waals surface area contributed by atoms with Gasteiger partial charge in [-0.05, 0) is 57.9 Å². The van der Waals surface area contributed by atoms with E-state index in [1.807, 2.05) is 0 Å². The number of hydrogen-bond acceptors (Lipinski definition) is 2. The van der Waals surface area contributed by atoms with Crippen LogP contribution in [-0.2, 0) is 0 Å². The molecule has 98 valence electrons. The van der Waals surface area contributed by atoms with Crippen LogP contribution in [-0.4, -0.2) is 36.1 Å². The Balaban J connectivity index is 1.57. The van der Waals surface area contributed by atoms with E-state index in [0.717, 1.165) is 30.1 Å². The monoisotopic (exact) mass is 236 g/mol. The maximum Gasteiger partial charge on any atom is 0.0125 e. The molecule has 2 bridgehead atoms. The van der Waals surface area contributed by atoms with Gasteiger partial charge in [-0.1, -0.05) is 13.3 Å². The average molecular weight is 236 g/mol. The zero-order valence-electron chi connectivity index (χ0n) is 11.5. The molecule has 0 aromatic rings. The Morgan fingerprint density at radius 1 is 0.941 bits per heavy atom. The van der Waals surface area contributed by atoms with Crippen molar-refractivity contribution in [3.05, 3.63) is 0 Å². The summed E-state index contributed by atoms with van der Waals surface area (Å²) in [4.78, 5) is 2.75. The summed E-state index contributed by atoms with van der Waals surface area (Å²) in [7, 11) is 2.40. The highest BCUT2D eigenvalue weighted by Crippen LogP contribution is 2.35. The number of hydrogen-bond donors (Lipinski definition) is 1. The van der Waals surface area contributed by atoms with Crippen molar-refractivity contribution < 1.29 is 0 Å². The van der Waals surface area contributed by atoms with E-state index >= 15 is 0 Å². The largest absolute Gasteiger partial charge is 0.311 e. The summed E-state index contributed by atoms with van der Waals surface area (Å²) in [5.74, 6) is 1.01. The van der Waals surface area contributed by atoms with Crippen molar-refractivity contribution in [1.82, 2.24) is 10.2 Å². The second-order valence-corrected chi connectivity index (χ2v) is 6.67. The minimum Gasteiger partial charge on any atom is -0.311 e. The Labute approximate surface area is 106 Å². The van der Waals surface area contributed by atoms with Crippen molar-refractivity contribution in [2.45, 2.75) is 82.5 Å². The van der Waals surface area contributed by atoms with Crippen molar-refractivity contribution in [2.75, 3.05) is 7.05 Å². The first-order valence-corrected chi connectivity index (χ1v) is 7.74. The third-order valence-electron chi connectivity index (χ3n) is 5.69. The molecular formula is C15H28N2. The molecule has 2 saturated heterocycles. The summed E-state index contributed by atoms with van der Waals surface area (Å²) < 4.78 is 0. The van der Waals surface area contributed by atoms with Crippen LogP contribution in [0.2, 0.25) is 0 Å². The zero-order chi connectivity index (χ0) is 11.8. The van der Waals surface area contributed by atoms with Crippen LogP contribution >= 0.6 is 0 Å². The van der Waals surface area contributed by atoms with E-state index in [1.54, 1.807) is 0 Å². The number of nitrogens with one attached hydrogen (secondary N) is 1. The van der Waals surface area contributed by atoms with Crippen molar-refractivity contribution in [3.8, 4) is 0 Å². The van der Waals surface area contributed by atoms with E-state index in [4.69, 9.17) is 0 Å². The Kier molecular flexibility index (Phi) is 3.45. The van der Waals surface area contributed by atoms with E-state index in [1.165, 1.54) is 51.4 Å². The molecule has 3 aliphatic rings. The Bertz CT molecular complexity index is 254. The topological polar surface area (TPSA) is 15.3 Å². The van der Waals surface area contributed by atoms with Crippen LogP contribution in [0.1, 0.15) is 58.3 Å². The van der Waals surface area contributed by atoms with E-state index in [2.05, 4.69) is 24.2 Å². The van der Waals surface area contributed by atoms with Crippen molar-refractivity contribution >= 4 is 0 Å². The van der Waals surface area contributed by atoms with Gasteiger partial charge in [-0.3, -0.25) is 0 Å². The summed E-state index contributed by atoms with van der Waals surface area (Å²) in [6, 6.07) is 3.44. The van der Waals surface area contributed by atoms with Gasteiger partial charge < -0.3 is 10.2 Å². The maximum absolute atomic E-state index is 3.76. The molecule has 0 radical (unpaired) electrons. The molecule has 2 nitrogen and oxygen atoms in total. The highest BCUT2D eigenvalue weighted by atomic mass is 15.2. The van der Waals surface area contributed by atoms with Crippen LogP contribution in [0.15, 0.2) is 0 Å². The van der Waals surface area contributed by atoms with Crippen molar-refractivity contribution in [1.29, 1.82) is 0 Å². The molecule has 0 aromatic carbocycles. The lowest BCUT2D eigenvalue weighted by molar-refractivity contribution is 0.124. The Hall–Kier alpha value is -0.0800. The zero-order valence-corrected chi connectivity index (χ0v) is 11.5. The van der Waals surface area contributed by atoms with Crippen LogP contribution in [0, 0.1) is 5.92 Å². The molecule has 3 rings (SSSR count). The van der Waals surface area contributed by atoms with Gasteiger partial charge in [0.15, 0.2) is 0 Å². The molecule has 1 aliphatic carbocycles. The summed E-state index contributed by atoms with van der Waals surface area (Å²) in [6.45, 7) is 2.36. The molecule has 2 aliphatic heterocycles.